The fraction of sp³-hybridized carbons (Fsp3) is 0.462. The molecule has 4 heteroatoms. The molecule has 1 rings (SSSR count). The summed E-state index contributed by atoms with van der Waals surface area (Å²) in [6.07, 6.45) is 1.80. The van der Waals surface area contributed by atoms with E-state index in [0.29, 0.717) is 0 Å². The van der Waals surface area contributed by atoms with Crippen molar-refractivity contribution in [2.45, 2.75) is 43.8 Å². The number of hydrazine groups is 1. The molecule has 0 heterocycles. The molecule has 94 valence electrons. The fourth-order valence-corrected chi connectivity index (χ4v) is 2.80. The number of carbonyl (C=O) groups excluding carboxylic acids is 1. The van der Waals surface area contributed by atoms with E-state index in [1.807, 2.05) is 0 Å². The number of carbonyl (C=O) groups is 1. The minimum absolute atomic E-state index is 0.102. The minimum Gasteiger partial charge on any atom is -0.293 e. The Kier molecular flexibility index (Phi) is 5.51. The smallest absolute Gasteiger partial charge is 0.247 e. The van der Waals surface area contributed by atoms with Crippen LogP contribution in [0, 0.1) is 13.8 Å². The number of rotatable bonds is 5. The van der Waals surface area contributed by atoms with Gasteiger partial charge in [0.2, 0.25) is 5.91 Å². The van der Waals surface area contributed by atoms with Crippen molar-refractivity contribution in [1.82, 2.24) is 5.43 Å². The molecule has 3 nitrogen and oxygen atoms in total. The van der Waals surface area contributed by atoms with Gasteiger partial charge in [-0.25, -0.2) is 5.84 Å². The molecule has 0 saturated heterocycles. The molecule has 0 fully saturated rings. The second-order valence-electron chi connectivity index (χ2n) is 4.15. The number of thioether (sulfide) groups is 1. The van der Waals surface area contributed by atoms with Gasteiger partial charge in [0.25, 0.3) is 0 Å². The number of hydrogen-bond acceptors (Lipinski definition) is 3. The van der Waals surface area contributed by atoms with E-state index in [2.05, 4.69) is 44.4 Å². The summed E-state index contributed by atoms with van der Waals surface area (Å²) in [5.74, 6) is 5.10. The first kappa shape index (κ1) is 14.1. The maximum atomic E-state index is 11.6. The highest BCUT2D eigenvalue weighted by Crippen LogP contribution is 2.27. The average molecular weight is 252 g/mol. The van der Waals surface area contributed by atoms with Crippen molar-refractivity contribution < 1.29 is 4.79 Å². The lowest BCUT2D eigenvalue weighted by atomic mass is 10.1. The molecule has 1 aromatic rings. The van der Waals surface area contributed by atoms with Gasteiger partial charge in [0.1, 0.15) is 0 Å². The first-order valence-electron chi connectivity index (χ1n) is 5.82. The van der Waals surface area contributed by atoms with E-state index in [-0.39, 0.29) is 11.2 Å². The van der Waals surface area contributed by atoms with Gasteiger partial charge in [0.05, 0.1) is 5.25 Å². The van der Waals surface area contributed by atoms with Gasteiger partial charge >= 0.3 is 0 Å². The van der Waals surface area contributed by atoms with Gasteiger partial charge in [0, 0.05) is 4.90 Å². The third-order valence-electron chi connectivity index (χ3n) is 2.74. The highest BCUT2D eigenvalue weighted by molar-refractivity contribution is 8.00. The predicted octanol–water partition coefficient (Wildman–Crippen LogP) is 2.55. The van der Waals surface area contributed by atoms with Crippen LogP contribution in [-0.4, -0.2) is 11.2 Å². The summed E-state index contributed by atoms with van der Waals surface area (Å²) in [7, 11) is 0. The molecule has 17 heavy (non-hydrogen) atoms. The zero-order valence-corrected chi connectivity index (χ0v) is 11.4. The lowest BCUT2D eigenvalue weighted by Gasteiger charge is -2.14. The number of hydrogen-bond donors (Lipinski definition) is 2. The molecule has 1 amide bonds. The van der Waals surface area contributed by atoms with Crippen LogP contribution in [0.5, 0.6) is 0 Å². The van der Waals surface area contributed by atoms with Gasteiger partial charge in [-0.05, 0) is 43.5 Å². The monoisotopic (exact) mass is 252 g/mol. The van der Waals surface area contributed by atoms with Gasteiger partial charge in [-0.2, -0.15) is 0 Å². The van der Waals surface area contributed by atoms with Crippen molar-refractivity contribution in [3.63, 3.8) is 0 Å². The molecule has 1 unspecified atom stereocenters. The normalized spacial score (nSPS) is 12.2. The topological polar surface area (TPSA) is 55.1 Å². The van der Waals surface area contributed by atoms with E-state index in [1.165, 1.54) is 11.1 Å². The number of aryl methyl sites for hydroxylation is 2. The van der Waals surface area contributed by atoms with Crippen molar-refractivity contribution in [2.24, 2.45) is 5.84 Å². The standard InChI is InChI=1S/C13H20N2OS/c1-4-5-12(13(16)15-14)17-11-7-6-9(2)10(3)8-11/h6-8,12H,4-5,14H2,1-3H3,(H,15,16). The van der Waals surface area contributed by atoms with Gasteiger partial charge < -0.3 is 0 Å². The molecule has 0 bridgehead atoms. The molecule has 0 aliphatic rings. The van der Waals surface area contributed by atoms with E-state index >= 15 is 0 Å². The number of benzene rings is 1. The van der Waals surface area contributed by atoms with E-state index < -0.39 is 0 Å². The second kappa shape index (κ2) is 6.67. The van der Waals surface area contributed by atoms with Crippen molar-refractivity contribution in [2.75, 3.05) is 0 Å². The Morgan fingerprint density at radius 2 is 2.12 bits per heavy atom. The summed E-state index contributed by atoms with van der Waals surface area (Å²) in [4.78, 5) is 12.7. The predicted molar refractivity (Wildman–Crippen MR) is 72.8 cm³/mol. The zero-order valence-electron chi connectivity index (χ0n) is 10.6. The summed E-state index contributed by atoms with van der Waals surface area (Å²) in [6, 6.07) is 6.26. The van der Waals surface area contributed by atoms with E-state index in [1.54, 1.807) is 11.8 Å². The molecule has 1 atom stereocenters. The number of nitrogens with two attached hydrogens (primary N) is 1. The Balaban J connectivity index is 2.78. The molecule has 0 aliphatic carbocycles. The van der Waals surface area contributed by atoms with Crippen LogP contribution in [-0.2, 0) is 4.79 Å². The zero-order chi connectivity index (χ0) is 12.8. The molecule has 0 saturated carbocycles. The Bertz CT molecular complexity index is 393. The maximum absolute atomic E-state index is 11.6. The van der Waals surface area contributed by atoms with Crippen LogP contribution in [0.1, 0.15) is 30.9 Å². The van der Waals surface area contributed by atoms with Gasteiger partial charge in [0.15, 0.2) is 0 Å². The lowest BCUT2D eigenvalue weighted by molar-refractivity contribution is -0.120. The highest BCUT2D eigenvalue weighted by atomic mass is 32.2. The summed E-state index contributed by atoms with van der Waals surface area (Å²) in [5, 5.41) is -0.105. The quantitative estimate of drug-likeness (QED) is 0.366. The Hall–Kier alpha value is -1.00. The third kappa shape index (κ3) is 4.06. The van der Waals surface area contributed by atoms with Crippen LogP contribution < -0.4 is 11.3 Å². The first-order valence-corrected chi connectivity index (χ1v) is 6.70. The van der Waals surface area contributed by atoms with Crippen LogP contribution in [0.2, 0.25) is 0 Å². The van der Waals surface area contributed by atoms with Crippen LogP contribution in [0.4, 0.5) is 0 Å². The van der Waals surface area contributed by atoms with Crippen LogP contribution >= 0.6 is 11.8 Å². The lowest BCUT2D eigenvalue weighted by Crippen LogP contribution is -2.37. The number of nitrogens with one attached hydrogen (secondary N) is 1. The third-order valence-corrected chi connectivity index (χ3v) is 4.00. The summed E-state index contributed by atoms with van der Waals surface area (Å²) in [6.45, 7) is 6.23. The summed E-state index contributed by atoms with van der Waals surface area (Å²) >= 11 is 1.58. The van der Waals surface area contributed by atoms with Gasteiger partial charge in [-0.1, -0.05) is 19.4 Å². The molecule has 1 aromatic carbocycles. The molecule has 3 N–H and O–H groups in total. The van der Waals surface area contributed by atoms with Gasteiger partial charge in [-0.3, -0.25) is 10.2 Å². The highest BCUT2D eigenvalue weighted by Gasteiger charge is 2.17. The largest absolute Gasteiger partial charge is 0.293 e. The number of amides is 1. The molecular formula is C13H20N2OS. The van der Waals surface area contributed by atoms with Crippen molar-refractivity contribution in [1.29, 1.82) is 0 Å². The second-order valence-corrected chi connectivity index (χ2v) is 5.43. The van der Waals surface area contributed by atoms with Crippen molar-refractivity contribution in [3.8, 4) is 0 Å². The Morgan fingerprint density at radius 3 is 2.65 bits per heavy atom. The fourth-order valence-electron chi connectivity index (χ4n) is 1.55. The molecule has 0 radical (unpaired) electrons. The Labute approximate surface area is 107 Å². The summed E-state index contributed by atoms with van der Waals surface area (Å²) < 4.78 is 0. The van der Waals surface area contributed by atoms with Crippen LogP contribution in [0.25, 0.3) is 0 Å². The van der Waals surface area contributed by atoms with E-state index in [9.17, 15) is 4.79 Å². The van der Waals surface area contributed by atoms with Crippen LogP contribution in [0.15, 0.2) is 23.1 Å². The van der Waals surface area contributed by atoms with Crippen molar-refractivity contribution in [3.05, 3.63) is 29.3 Å². The maximum Gasteiger partial charge on any atom is 0.247 e. The Morgan fingerprint density at radius 1 is 1.41 bits per heavy atom. The molecule has 0 spiro atoms. The van der Waals surface area contributed by atoms with Crippen LogP contribution in [0.3, 0.4) is 0 Å². The molecule has 0 aliphatic heterocycles. The minimum atomic E-state index is -0.105. The van der Waals surface area contributed by atoms with Gasteiger partial charge in [-0.15, -0.1) is 11.8 Å². The molecule has 0 aromatic heterocycles. The van der Waals surface area contributed by atoms with E-state index in [0.717, 1.165) is 17.7 Å². The SMILES string of the molecule is CCCC(Sc1ccc(C)c(C)c1)C(=O)NN. The molecular weight excluding hydrogens is 232 g/mol. The van der Waals surface area contributed by atoms with E-state index in [4.69, 9.17) is 5.84 Å². The van der Waals surface area contributed by atoms with Crippen molar-refractivity contribution >= 4 is 17.7 Å². The average Bonchev–Trinajstić information content (AvgIpc) is 2.32. The first-order chi connectivity index (χ1) is 8.08. The summed E-state index contributed by atoms with van der Waals surface area (Å²) in [5.41, 5.74) is 4.75.